The molecule has 0 aliphatic rings. The number of halogens is 3. The van der Waals surface area contributed by atoms with Gasteiger partial charge in [0.2, 0.25) is 0 Å². The Morgan fingerprint density at radius 3 is 2.05 bits per heavy atom. The van der Waals surface area contributed by atoms with Gasteiger partial charge >= 0.3 is 21.6 Å². The zero-order valence-electron chi connectivity index (χ0n) is 12.1. The molecule has 1 aromatic carbocycles. The standard InChI is InChI=1S/C12H13F3O6S/c1-6-5-7(2)9(19-3)10(8(6)11(16)20-4)21-22(17,18)12(13,14)15/h5H,1-4H3. The minimum Gasteiger partial charge on any atom is -0.492 e. The Hall–Kier alpha value is -1.97. The number of hydrogen-bond donors (Lipinski definition) is 0. The predicted octanol–water partition coefficient (Wildman–Crippen LogP) is 2.33. The minimum absolute atomic E-state index is 0.178. The van der Waals surface area contributed by atoms with Crippen LogP contribution in [0, 0.1) is 13.8 Å². The monoisotopic (exact) mass is 342 g/mol. The molecule has 10 heteroatoms. The summed E-state index contributed by atoms with van der Waals surface area (Å²) in [5.41, 5.74) is -5.64. The van der Waals surface area contributed by atoms with Gasteiger partial charge in [-0.1, -0.05) is 6.07 Å². The minimum atomic E-state index is -5.97. The second kappa shape index (κ2) is 6.03. The number of aryl methyl sites for hydroxylation is 2. The molecule has 0 aromatic heterocycles. The van der Waals surface area contributed by atoms with Gasteiger partial charge in [-0.3, -0.25) is 0 Å². The molecule has 0 radical (unpaired) electrons. The third kappa shape index (κ3) is 3.26. The van der Waals surface area contributed by atoms with Gasteiger partial charge < -0.3 is 13.7 Å². The molecular formula is C12H13F3O6S. The second-order valence-electron chi connectivity index (χ2n) is 4.22. The van der Waals surface area contributed by atoms with E-state index in [9.17, 15) is 26.4 Å². The van der Waals surface area contributed by atoms with Crippen molar-refractivity contribution in [3.05, 3.63) is 22.8 Å². The molecule has 22 heavy (non-hydrogen) atoms. The lowest BCUT2D eigenvalue weighted by molar-refractivity contribution is -0.0501. The van der Waals surface area contributed by atoms with Gasteiger partial charge in [-0.2, -0.15) is 21.6 Å². The van der Waals surface area contributed by atoms with Crippen LogP contribution in [-0.4, -0.2) is 34.1 Å². The summed E-state index contributed by atoms with van der Waals surface area (Å²) < 4.78 is 73.4. The molecule has 0 saturated heterocycles. The predicted molar refractivity (Wildman–Crippen MR) is 69.4 cm³/mol. The van der Waals surface area contributed by atoms with E-state index in [1.807, 2.05) is 0 Å². The van der Waals surface area contributed by atoms with Crippen molar-refractivity contribution in [3.63, 3.8) is 0 Å². The number of rotatable bonds is 4. The van der Waals surface area contributed by atoms with Crippen LogP contribution in [0.25, 0.3) is 0 Å². The maximum Gasteiger partial charge on any atom is 0.534 e. The van der Waals surface area contributed by atoms with E-state index in [1.165, 1.54) is 19.9 Å². The fourth-order valence-electron chi connectivity index (χ4n) is 1.78. The maximum absolute atomic E-state index is 12.5. The normalized spacial score (nSPS) is 12.0. The van der Waals surface area contributed by atoms with Crippen molar-refractivity contribution >= 4 is 16.1 Å². The van der Waals surface area contributed by atoms with E-state index >= 15 is 0 Å². The fourth-order valence-corrected chi connectivity index (χ4v) is 2.25. The van der Waals surface area contributed by atoms with Crippen molar-refractivity contribution in [3.8, 4) is 11.5 Å². The highest BCUT2D eigenvalue weighted by Crippen LogP contribution is 2.40. The molecule has 0 N–H and O–H groups in total. The van der Waals surface area contributed by atoms with E-state index in [0.29, 0.717) is 5.56 Å². The van der Waals surface area contributed by atoms with Gasteiger partial charge in [0.15, 0.2) is 11.5 Å². The molecule has 0 saturated carbocycles. The number of ether oxygens (including phenoxy) is 2. The Bertz CT molecular complexity index is 694. The van der Waals surface area contributed by atoms with Crippen LogP contribution < -0.4 is 8.92 Å². The van der Waals surface area contributed by atoms with Crippen LogP contribution in [0.15, 0.2) is 6.07 Å². The van der Waals surface area contributed by atoms with E-state index in [0.717, 1.165) is 14.2 Å². The summed E-state index contributed by atoms with van der Waals surface area (Å²) >= 11 is 0. The highest BCUT2D eigenvalue weighted by atomic mass is 32.2. The van der Waals surface area contributed by atoms with Crippen LogP contribution >= 0.6 is 0 Å². The fraction of sp³-hybridized carbons (Fsp3) is 0.417. The lowest BCUT2D eigenvalue weighted by Crippen LogP contribution is -2.29. The number of alkyl halides is 3. The topological polar surface area (TPSA) is 78.9 Å². The van der Waals surface area contributed by atoms with Crippen molar-refractivity contribution in [1.82, 2.24) is 0 Å². The first-order valence-electron chi connectivity index (χ1n) is 5.73. The van der Waals surface area contributed by atoms with Crippen LogP contribution in [-0.2, 0) is 14.9 Å². The van der Waals surface area contributed by atoms with E-state index in [-0.39, 0.29) is 11.3 Å². The third-order valence-corrected chi connectivity index (χ3v) is 3.64. The Morgan fingerprint density at radius 2 is 1.64 bits per heavy atom. The van der Waals surface area contributed by atoms with Gasteiger partial charge in [-0.05, 0) is 25.0 Å². The average molecular weight is 342 g/mol. The number of carbonyl (C=O) groups excluding carboxylic acids is 1. The molecule has 0 amide bonds. The Balaban J connectivity index is 3.67. The van der Waals surface area contributed by atoms with Gasteiger partial charge in [0, 0.05) is 0 Å². The molecule has 0 aliphatic heterocycles. The number of esters is 1. The number of carbonyl (C=O) groups is 1. The third-order valence-electron chi connectivity index (χ3n) is 2.69. The Kier molecular flexibility index (Phi) is 4.96. The molecule has 0 fully saturated rings. The van der Waals surface area contributed by atoms with Gasteiger partial charge in [0.25, 0.3) is 0 Å². The van der Waals surface area contributed by atoms with Gasteiger partial charge in [0.1, 0.15) is 5.56 Å². The van der Waals surface area contributed by atoms with E-state index in [1.54, 1.807) is 0 Å². The van der Waals surface area contributed by atoms with Crippen molar-refractivity contribution in [2.75, 3.05) is 14.2 Å². The first kappa shape index (κ1) is 18.1. The van der Waals surface area contributed by atoms with Crippen molar-refractivity contribution in [1.29, 1.82) is 0 Å². The molecule has 0 atom stereocenters. The van der Waals surface area contributed by atoms with Gasteiger partial charge in [0.05, 0.1) is 14.2 Å². The summed E-state index contributed by atoms with van der Waals surface area (Å²) in [5.74, 6) is -2.22. The molecule has 1 rings (SSSR count). The van der Waals surface area contributed by atoms with Crippen LogP contribution in [0.3, 0.4) is 0 Å². The Labute approximate surface area is 124 Å². The van der Waals surface area contributed by atoms with E-state index in [4.69, 9.17) is 4.74 Å². The molecule has 0 spiro atoms. The Morgan fingerprint density at radius 1 is 1.09 bits per heavy atom. The summed E-state index contributed by atoms with van der Waals surface area (Å²) in [4.78, 5) is 11.7. The molecule has 6 nitrogen and oxygen atoms in total. The lowest BCUT2D eigenvalue weighted by atomic mass is 10.0. The number of hydrogen-bond acceptors (Lipinski definition) is 6. The summed E-state index contributed by atoms with van der Waals surface area (Å²) in [7, 11) is -3.87. The smallest absolute Gasteiger partial charge is 0.492 e. The molecule has 124 valence electrons. The summed E-state index contributed by atoms with van der Waals surface area (Å²) in [6.07, 6.45) is 0. The molecule has 0 unspecified atom stereocenters. The highest BCUT2D eigenvalue weighted by Gasteiger charge is 2.49. The zero-order valence-corrected chi connectivity index (χ0v) is 12.9. The van der Waals surface area contributed by atoms with Crippen LogP contribution in [0.1, 0.15) is 21.5 Å². The number of benzene rings is 1. The SMILES string of the molecule is COC(=O)c1c(C)cc(C)c(OC)c1OS(=O)(=O)C(F)(F)F. The average Bonchev–Trinajstić information content (AvgIpc) is 2.36. The quantitative estimate of drug-likeness (QED) is 0.475. The lowest BCUT2D eigenvalue weighted by Gasteiger charge is -2.18. The van der Waals surface area contributed by atoms with Crippen LogP contribution in [0.5, 0.6) is 11.5 Å². The maximum atomic E-state index is 12.5. The molecule has 0 bridgehead atoms. The first-order chi connectivity index (χ1) is 9.96. The zero-order chi connectivity index (χ0) is 17.3. The van der Waals surface area contributed by atoms with Crippen LogP contribution in [0.2, 0.25) is 0 Å². The second-order valence-corrected chi connectivity index (χ2v) is 5.76. The molecular weight excluding hydrogens is 329 g/mol. The first-order valence-corrected chi connectivity index (χ1v) is 7.14. The van der Waals surface area contributed by atoms with Crippen LogP contribution in [0.4, 0.5) is 13.2 Å². The largest absolute Gasteiger partial charge is 0.534 e. The molecule has 0 aliphatic carbocycles. The summed E-state index contributed by atoms with van der Waals surface area (Å²) in [6.45, 7) is 2.85. The van der Waals surface area contributed by atoms with E-state index in [2.05, 4.69) is 8.92 Å². The highest BCUT2D eigenvalue weighted by molar-refractivity contribution is 7.88. The number of methoxy groups -OCH3 is 2. The van der Waals surface area contributed by atoms with Crippen molar-refractivity contribution in [2.45, 2.75) is 19.4 Å². The summed E-state index contributed by atoms with van der Waals surface area (Å²) in [5, 5.41) is 0. The van der Waals surface area contributed by atoms with Gasteiger partial charge in [-0.25, -0.2) is 4.79 Å². The molecule has 1 aromatic rings. The van der Waals surface area contributed by atoms with E-state index < -0.39 is 32.9 Å². The summed E-state index contributed by atoms with van der Waals surface area (Å²) in [6, 6.07) is 1.43. The van der Waals surface area contributed by atoms with Gasteiger partial charge in [-0.15, -0.1) is 0 Å². The van der Waals surface area contributed by atoms with Crippen molar-refractivity contribution in [2.24, 2.45) is 0 Å². The van der Waals surface area contributed by atoms with Crippen molar-refractivity contribution < 1.29 is 40.0 Å². The molecule has 0 heterocycles.